The van der Waals surface area contributed by atoms with Gasteiger partial charge in [-0.1, -0.05) is 24.3 Å². The molecule has 0 radical (unpaired) electrons. The van der Waals surface area contributed by atoms with E-state index in [1.807, 2.05) is 19.1 Å². The zero-order chi connectivity index (χ0) is 23.9. The smallest absolute Gasteiger partial charge is 0.162 e. The van der Waals surface area contributed by atoms with Crippen LogP contribution in [0.2, 0.25) is 0 Å². The fourth-order valence-corrected chi connectivity index (χ4v) is 5.49. The van der Waals surface area contributed by atoms with Crippen LogP contribution in [-0.4, -0.2) is 36.1 Å². The van der Waals surface area contributed by atoms with Crippen LogP contribution in [-0.2, 0) is 6.54 Å². The number of ether oxygens (including phenoxy) is 2. The molecule has 0 unspecified atom stereocenters. The summed E-state index contributed by atoms with van der Waals surface area (Å²) in [6, 6.07) is 23.0. The second-order valence-corrected chi connectivity index (χ2v) is 9.58. The predicted molar refractivity (Wildman–Crippen MR) is 141 cm³/mol. The minimum Gasteiger partial charge on any atom is -0.493 e. The molecule has 0 amide bonds. The van der Waals surface area contributed by atoms with Gasteiger partial charge in [-0.15, -0.1) is 11.3 Å². The van der Waals surface area contributed by atoms with E-state index < -0.39 is 0 Å². The molecule has 1 N–H and O–H groups in total. The van der Waals surface area contributed by atoms with Gasteiger partial charge in [-0.3, -0.25) is 5.10 Å². The topological polar surface area (TPSA) is 66.5 Å². The zero-order valence-corrected chi connectivity index (χ0v) is 20.6. The molecule has 3 heterocycles. The molecule has 35 heavy (non-hydrogen) atoms. The van der Waals surface area contributed by atoms with Crippen molar-refractivity contribution in [3.8, 4) is 22.1 Å². The Morgan fingerprint density at radius 1 is 0.943 bits per heavy atom. The number of fused-ring (bicyclic) bond motifs is 2. The average Bonchev–Trinajstić information content (AvgIpc) is 3.53. The molecule has 176 valence electrons. The molecule has 0 atom stereocenters. The number of nitrogens with zero attached hydrogens (tertiary/aromatic N) is 4. The quantitative estimate of drug-likeness (QED) is 0.324. The molecule has 8 heteroatoms. The predicted octanol–water partition coefficient (Wildman–Crippen LogP) is 6.13. The number of aryl methyl sites for hydroxylation is 1. The molecule has 3 aromatic carbocycles. The largest absolute Gasteiger partial charge is 0.493 e. The van der Waals surface area contributed by atoms with Gasteiger partial charge in [0, 0.05) is 35.6 Å². The molecular formula is C27H25N5O2S. The molecule has 2 aromatic heterocycles. The van der Waals surface area contributed by atoms with Crippen molar-refractivity contribution >= 4 is 38.7 Å². The average molecular weight is 484 g/mol. The molecule has 0 saturated heterocycles. The van der Waals surface area contributed by atoms with Crippen LogP contribution in [0.5, 0.6) is 11.5 Å². The summed E-state index contributed by atoms with van der Waals surface area (Å²) < 4.78 is 12.4. The van der Waals surface area contributed by atoms with E-state index >= 15 is 0 Å². The van der Waals surface area contributed by atoms with E-state index in [1.54, 1.807) is 25.6 Å². The minimum absolute atomic E-state index is 0.649. The lowest BCUT2D eigenvalue weighted by Gasteiger charge is -2.39. The lowest BCUT2D eigenvalue weighted by molar-refractivity contribution is 0.354. The van der Waals surface area contributed by atoms with Gasteiger partial charge in [0.15, 0.2) is 17.3 Å². The van der Waals surface area contributed by atoms with Crippen molar-refractivity contribution in [3.05, 3.63) is 78.0 Å². The van der Waals surface area contributed by atoms with Crippen LogP contribution in [0.15, 0.2) is 66.7 Å². The summed E-state index contributed by atoms with van der Waals surface area (Å²) in [7, 11) is 3.33. The number of benzene rings is 3. The van der Waals surface area contributed by atoms with E-state index in [1.165, 1.54) is 4.70 Å². The summed E-state index contributed by atoms with van der Waals surface area (Å²) in [6.45, 7) is 3.39. The SMILES string of the molecule is COc1cc2c(cc1OC)N(c1cc(C)[nH]n1)CN(c1cccc(-c3nc4ccccc4s3)c1)C2. The van der Waals surface area contributed by atoms with Crippen molar-refractivity contribution in [2.45, 2.75) is 13.5 Å². The highest BCUT2D eigenvalue weighted by Gasteiger charge is 2.28. The Bertz CT molecular complexity index is 1490. The van der Waals surface area contributed by atoms with Crippen molar-refractivity contribution in [1.29, 1.82) is 0 Å². The third-order valence-corrected chi connectivity index (χ3v) is 7.36. The maximum absolute atomic E-state index is 5.60. The van der Waals surface area contributed by atoms with Gasteiger partial charge in [-0.2, -0.15) is 5.10 Å². The summed E-state index contributed by atoms with van der Waals surface area (Å²) in [5.74, 6) is 2.28. The Balaban J connectivity index is 1.41. The van der Waals surface area contributed by atoms with E-state index in [2.05, 4.69) is 74.6 Å². The number of rotatable bonds is 5. The van der Waals surface area contributed by atoms with Gasteiger partial charge < -0.3 is 19.3 Å². The summed E-state index contributed by atoms with van der Waals surface area (Å²) in [5, 5.41) is 8.65. The minimum atomic E-state index is 0.649. The van der Waals surface area contributed by atoms with Gasteiger partial charge in [0.1, 0.15) is 5.01 Å². The van der Waals surface area contributed by atoms with E-state index in [0.29, 0.717) is 12.4 Å². The molecule has 5 aromatic rings. The highest BCUT2D eigenvalue weighted by molar-refractivity contribution is 7.21. The van der Waals surface area contributed by atoms with E-state index in [-0.39, 0.29) is 0 Å². The first-order valence-corrected chi connectivity index (χ1v) is 12.2. The molecule has 0 aliphatic carbocycles. The van der Waals surface area contributed by atoms with Gasteiger partial charge in [0.25, 0.3) is 0 Å². The van der Waals surface area contributed by atoms with Gasteiger partial charge in [-0.05, 0) is 42.8 Å². The zero-order valence-electron chi connectivity index (χ0n) is 19.8. The van der Waals surface area contributed by atoms with Crippen LogP contribution >= 0.6 is 11.3 Å². The number of anilines is 3. The first kappa shape index (κ1) is 21.5. The van der Waals surface area contributed by atoms with Crippen LogP contribution in [0.1, 0.15) is 11.3 Å². The Kier molecular flexibility index (Phi) is 5.30. The van der Waals surface area contributed by atoms with Gasteiger partial charge in [-0.25, -0.2) is 4.98 Å². The van der Waals surface area contributed by atoms with Gasteiger partial charge in [0.2, 0.25) is 0 Å². The number of para-hydroxylation sites is 1. The molecule has 0 spiro atoms. The fourth-order valence-electron chi connectivity index (χ4n) is 4.53. The number of aromatic nitrogens is 3. The van der Waals surface area contributed by atoms with E-state index in [0.717, 1.165) is 56.8 Å². The summed E-state index contributed by atoms with van der Waals surface area (Å²) >= 11 is 1.72. The molecule has 0 saturated carbocycles. The second-order valence-electron chi connectivity index (χ2n) is 8.55. The number of aromatic amines is 1. The summed E-state index contributed by atoms with van der Waals surface area (Å²) in [6.07, 6.45) is 0. The van der Waals surface area contributed by atoms with Crippen molar-refractivity contribution in [3.63, 3.8) is 0 Å². The maximum atomic E-state index is 5.60. The first-order valence-electron chi connectivity index (χ1n) is 11.4. The third-order valence-electron chi connectivity index (χ3n) is 6.27. The summed E-state index contributed by atoms with van der Waals surface area (Å²) in [4.78, 5) is 9.40. The molecule has 1 aliphatic rings. The Hall–Kier alpha value is -4.04. The molecule has 0 bridgehead atoms. The third kappa shape index (κ3) is 3.85. The van der Waals surface area contributed by atoms with Gasteiger partial charge >= 0.3 is 0 Å². The number of hydrogen-bond donors (Lipinski definition) is 1. The van der Waals surface area contributed by atoms with Crippen molar-refractivity contribution in [2.75, 3.05) is 30.7 Å². The molecule has 1 aliphatic heterocycles. The number of nitrogens with one attached hydrogen (secondary N) is 1. The van der Waals surface area contributed by atoms with E-state index in [9.17, 15) is 0 Å². The first-order chi connectivity index (χ1) is 17.1. The number of thiazole rings is 1. The molecule has 0 fully saturated rings. The number of methoxy groups -OCH3 is 2. The highest BCUT2D eigenvalue weighted by Crippen LogP contribution is 2.42. The van der Waals surface area contributed by atoms with Crippen LogP contribution < -0.4 is 19.3 Å². The molecule has 7 nitrogen and oxygen atoms in total. The lowest BCUT2D eigenvalue weighted by atomic mass is 10.1. The van der Waals surface area contributed by atoms with Crippen molar-refractivity contribution < 1.29 is 9.47 Å². The highest BCUT2D eigenvalue weighted by atomic mass is 32.1. The van der Waals surface area contributed by atoms with E-state index in [4.69, 9.17) is 14.5 Å². The molecule has 6 rings (SSSR count). The normalized spacial score (nSPS) is 13.2. The van der Waals surface area contributed by atoms with Gasteiger partial charge in [0.05, 0.1) is 36.8 Å². The molecular weight excluding hydrogens is 458 g/mol. The van der Waals surface area contributed by atoms with Crippen LogP contribution in [0, 0.1) is 6.92 Å². The maximum Gasteiger partial charge on any atom is 0.162 e. The Morgan fingerprint density at radius 2 is 1.77 bits per heavy atom. The monoisotopic (exact) mass is 483 g/mol. The van der Waals surface area contributed by atoms with Crippen LogP contribution in [0.25, 0.3) is 20.8 Å². The Morgan fingerprint density at radius 3 is 2.54 bits per heavy atom. The van der Waals surface area contributed by atoms with Crippen LogP contribution in [0.4, 0.5) is 17.2 Å². The van der Waals surface area contributed by atoms with Crippen molar-refractivity contribution in [2.24, 2.45) is 0 Å². The second kappa shape index (κ2) is 8.63. The lowest BCUT2D eigenvalue weighted by Crippen LogP contribution is -2.40. The van der Waals surface area contributed by atoms with Crippen molar-refractivity contribution in [1.82, 2.24) is 15.2 Å². The number of hydrogen-bond acceptors (Lipinski definition) is 7. The standard InChI is InChI=1S/C27H25N5O2S/c1-17-11-26(30-29-17)32-16-31(15-19-13-23(33-2)24(34-3)14-22(19)32)20-8-6-7-18(12-20)27-28-21-9-4-5-10-25(21)35-27/h4-14H,15-16H2,1-3H3,(H,29,30). The summed E-state index contributed by atoms with van der Waals surface area (Å²) in [5.41, 5.74) is 6.49. The fraction of sp³-hybridized carbons (Fsp3) is 0.185. The number of H-pyrrole nitrogens is 1. The van der Waals surface area contributed by atoms with Crippen LogP contribution in [0.3, 0.4) is 0 Å². The Labute approximate surface area is 207 Å².